The van der Waals surface area contributed by atoms with E-state index < -0.39 is 0 Å². The molecule has 0 aromatic rings. The molecule has 0 aromatic carbocycles. The van der Waals surface area contributed by atoms with Gasteiger partial charge in [-0.05, 0) is 0 Å². The molecular weight excluding hydrogens is 313 g/mol. The highest BCUT2D eigenvalue weighted by atomic mass is 24.5. The van der Waals surface area contributed by atoms with Crippen molar-refractivity contribution in [1.82, 2.24) is 0 Å². The van der Waals surface area contributed by atoms with Crippen molar-refractivity contribution in [3.8, 4) is 0 Å². The van der Waals surface area contributed by atoms with Crippen molar-refractivity contribution in [1.29, 1.82) is 0 Å². The summed E-state index contributed by atoms with van der Waals surface area (Å²) in [6.45, 7) is 4.61. The van der Waals surface area contributed by atoms with E-state index in [2.05, 4.69) is 13.8 Å². The Morgan fingerprint density at radius 3 is 0.840 bits per heavy atom. The number of rotatable bonds is 22. The summed E-state index contributed by atoms with van der Waals surface area (Å²) in [5.41, 5.74) is 0. The zero-order chi connectivity index (χ0) is 18.3. The zero-order valence-electron chi connectivity index (χ0n) is 18.3. The summed E-state index contributed by atoms with van der Waals surface area (Å²) < 4.78 is 3.27. The minimum atomic E-state index is 0.304. The predicted octanol–water partition coefficient (Wildman–Crippen LogP) is 9.37. The predicted molar refractivity (Wildman–Crippen MR) is 119 cm³/mol. The maximum atomic E-state index is 2.31. The molecule has 0 amide bonds. The van der Waals surface area contributed by atoms with Crippen molar-refractivity contribution in [2.75, 3.05) is 0 Å². The van der Waals surface area contributed by atoms with Gasteiger partial charge in [0, 0.05) is 0 Å². The lowest BCUT2D eigenvalue weighted by atomic mass is 10.1. The lowest BCUT2D eigenvalue weighted by Crippen LogP contribution is -1.90. The largest absolute Gasteiger partial charge is 0.364 e. The summed E-state index contributed by atoms with van der Waals surface area (Å²) >= 11 is 0.304. The van der Waals surface area contributed by atoms with Crippen LogP contribution in [0.4, 0.5) is 0 Å². The second-order valence-electron chi connectivity index (χ2n) is 8.42. The van der Waals surface area contributed by atoms with Gasteiger partial charge in [-0.15, -0.1) is 9.10 Å². The van der Waals surface area contributed by atoms with E-state index in [9.17, 15) is 0 Å². The Hall–Kier alpha value is 0.766. The lowest BCUT2D eigenvalue weighted by Gasteiger charge is -2.03. The second-order valence-corrected chi connectivity index (χ2v) is 10.5. The van der Waals surface area contributed by atoms with Crippen LogP contribution in [-0.4, -0.2) is 20.4 Å². The van der Waals surface area contributed by atoms with Gasteiger partial charge in [0.05, 0.1) is 0 Å². The molecule has 0 heterocycles. The molecule has 0 aliphatic heterocycles. The SMILES string of the molecule is CCCCCCCCCCC[CH2][Mg][CH2]CCCCCCCCCCC. The molecule has 0 bridgehead atoms. The quantitative estimate of drug-likeness (QED) is 0.133. The topological polar surface area (TPSA) is 0 Å². The molecule has 148 valence electrons. The van der Waals surface area contributed by atoms with E-state index in [-0.39, 0.29) is 0 Å². The highest BCUT2D eigenvalue weighted by molar-refractivity contribution is 6.35. The van der Waals surface area contributed by atoms with Gasteiger partial charge in [0.25, 0.3) is 0 Å². The first-order valence-corrected chi connectivity index (χ1v) is 14.4. The van der Waals surface area contributed by atoms with Crippen LogP contribution in [0.5, 0.6) is 0 Å². The van der Waals surface area contributed by atoms with Crippen LogP contribution in [0.3, 0.4) is 0 Å². The molecule has 0 aliphatic carbocycles. The van der Waals surface area contributed by atoms with Gasteiger partial charge in [-0.3, -0.25) is 0 Å². The van der Waals surface area contributed by atoms with Crippen LogP contribution < -0.4 is 0 Å². The molecule has 0 rings (SSSR count). The Morgan fingerprint density at radius 2 is 0.560 bits per heavy atom. The third kappa shape index (κ3) is 24.8. The van der Waals surface area contributed by atoms with E-state index in [0.29, 0.717) is 20.4 Å². The fourth-order valence-electron chi connectivity index (χ4n) is 3.86. The van der Waals surface area contributed by atoms with Gasteiger partial charge in [0.15, 0.2) is 0 Å². The monoisotopic (exact) mass is 362 g/mol. The molecule has 0 aliphatic rings. The van der Waals surface area contributed by atoms with Gasteiger partial charge in [-0.25, -0.2) is 0 Å². The molecule has 1 heteroatoms. The molecule has 0 saturated heterocycles. The second kappa shape index (κ2) is 24.8. The first kappa shape index (κ1) is 25.8. The highest BCUT2D eigenvalue weighted by Crippen LogP contribution is 2.13. The molecule has 0 radical (unpaired) electrons. The third-order valence-electron chi connectivity index (χ3n) is 5.71. The van der Waals surface area contributed by atoms with Gasteiger partial charge in [0.2, 0.25) is 0 Å². The fourth-order valence-corrected chi connectivity index (χ4v) is 5.63. The number of hydrogen-bond acceptors (Lipinski definition) is 0. The van der Waals surface area contributed by atoms with Crippen molar-refractivity contribution in [2.45, 2.75) is 151 Å². The van der Waals surface area contributed by atoms with Crippen LogP contribution in [0.25, 0.3) is 0 Å². The Kier molecular flexibility index (Phi) is 25.5. The normalized spacial score (nSPS) is 11.0. The smallest absolute Gasteiger partial charge is 0.146 e. The van der Waals surface area contributed by atoms with Crippen LogP contribution in [0.1, 0.15) is 142 Å². The molecule has 25 heavy (non-hydrogen) atoms. The van der Waals surface area contributed by atoms with Crippen molar-refractivity contribution < 1.29 is 0 Å². The van der Waals surface area contributed by atoms with Crippen LogP contribution in [-0.2, 0) is 0 Å². The van der Waals surface area contributed by atoms with Gasteiger partial charge in [0.1, 0.15) is 0 Å². The Bertz CT molecular complexity index is 192. The zero-order valence-corrected chi connectivity index (χ0v) is 19.7. The summed E-state index contributed by atoms with van der Waals surface area (Å²) in [6.07, 6.45) is 29.8. The van der Waals surface area contributed by atoms with E-state index in [1.165, 1.54) is 116 Å². The molecule has 0 N–H and O–H groups in total. The van der Waals surface area contributed by atoms with E-state index >= 15 is 0 Å². The molecule has 0 aromatic heterocycles. The van der Waals surface area contributed by atoms with E-state index in [1.807, 2.05) is 0 Å². The van der Waals surface area contributed by atoms with Gasteiger partial charge < -0.3 is 0 Å². The fraction of sp³-hybridized carbons (Fsp3) is 1.00. The standard InChI is InChI=1S/2C12H25.Mg/c2*1-3-5-7-9-11-12-10-8-6-4-2;/h2*1,3-12H2,2H3;. The third-order valence-corrected chi connectivity index (χ3v) is 7.71. The number of hydrogen-bond donors (Lipinski definition) is 0. The molecule has 0 nitrogen and oxygen atoms in total. The van der Waals surface area contributed by atoms with Crippen LogP contribution in [0.15, 0.2) is 0 Å². The first-order valence-electron chi connectivity index (χ1n) is 12.4. The Morgan fingerprint density at radius 1 is 0.320 bits per heavy atom. The van der Waals surface area contributed by atoms with Crippen molar-refractivity contribution in [3.63, 3.8) is 0 Å². The average Bonchev–Trinajstić information content (AvgIpc) is 2.63. The molecule has 0 spiro atoms. The Labute approximate surface area is 171 Å². The lowest BCUT2D eigenvalue weighted by molar-refractivity contribution is 0.560. The van der Waals surface area contributed by atoms with E-state index in [0.717, 1.165) is 0 Å². The maximum Gasteiger partial charge on any atom is 0.364 e. The van der Waals surface area contributed by atoms with Crippen molar-refractivity contribution >= 4 is 20.4 Å². The Balaban J connectivity index is 2.94. The van der Waals surface area contributed by atoms with Crippen molar-refractivity contribution in [2.24, 2.45) is 0 Å². The van der Waals surface area contributed by atoms with Gasteiger partial charge in [-0.1, -0.05) is 142 Å². The van der Waals surface area contributed by atoms with Crippen molar-refractivity contribution in [3.05, 3.63) is 0 Å². The van der Waals surface area contributed by atoms with Gasteiger partial charge in [-0.2, -0.15) is 0 Å². The van der Waals surface area contributed by atoms with E-state index in [4.69, 9.17) is 0 Å². The molecule has 0 saturated carbocycles. The van der Waals surface area contributed by atoms with Crippen LogP contribution >= 0.6 is 0 Å². The highest BCUT2D eigenvalue weighted by Gasteiger charge is 1.98. The number of unbranched alkanes of at least 4 members (excludes halogenated alkanes) is 18. The maximum absolute atomic E-state index is 2.31. The van der Waals surface area contributed by atoms with Gasteiger partial charge >= 0.3 is 20.4 Å². The summed E-state index contributed by atoms with van der Waals surface area (Å²) in [4.78, 5) is 0. The van der Waals surface area contributed by atoms with Crippen LogP contribution in [0, 0.1) is 0 Å². The summed E-state index contributed by atoms with van der Waals surface area (Å²) in [5.74, 6) is 0. The molecule has 0 fully saturated rings. The molecule has 0 unspecified atom stereocenters. The first-order chi connectivity index (χ1) is 12.4. The molecular formula is C24H50Mg. The van der Waals surface area contributed by atoms with Crippen LogP contribution in [0.2, 0.25) is 9.10 Å². The summed E-state index contributed by atoms with van der Waals surface area (Å²) in [7, 11) is 0. The average molecular weight is 363 g/mol. The van der Waals surface area contributed by atoms with E-state index in [1.54, 1.807) is 21.9 Å². The minimum Gasteiger partial charge on any atom is -0.146 e. The minimum absolute atomic E-state index is 0.304. The molecule has 0 atom stereocenters. The summed E-state index contributed by atoms with van der Waals surface area (Å²) in [6, 6.07) is 0. The summed E-state index contributed by atoms with van der Waals surface area (Å²) in [5, 5.41) is 0.